The van der Waals surface area contributed by atoms with Crippen LogP contribution in [0.15, 0.2) is 0 Å². The Kier molecular flexibility index (Phi) is 3.81. The van der Waals surface area contributed by atoms with E-state index in [0.29, 0.717) is 25.6 Å². The van der Waals surface area contributed by atoms with Gasteiger partial charge in [-0.15, -0.1) is 0 Å². The van der Waals surface area contributed by atoms with E-state index >= 15 is 0 Å². The van der Waals surface area contributed by atoms with E-state index in [2.05, 4.69) is 38.3 Å². The Balaban J connectivity index is 2.33. The van der Waals surface area contributed by atoms with Crippen molar-refractivity contribution < 1.29 is 9.59 Å². The second kappa shape index (κ2) is 4.64. The summed E-state index contributed by atoms with van der Waals surface area (Å²) in [7, 11) is 0. The summed E-state index contributed by atoms with van der Waals surface area (Å²) in [6, 6.07) is 0. The zero-order chi connectivity index (χ0) is 13.3. The van der Waals surface area contributed by atoms with Gasteiger partial charge in [-0.1, -0.05) is 27.7 Å². The number of hydrogen-bond donors (Lipinski definition) is 3. The van der Waals surface area contributed by atoms with Gasteiger partial charge in [0.05, 0.1) is 0 Å². The lowest BCUT2D eigenvalue weighted by molar-refractivity contribution is -0.139. The Bertz CT molecular complexity index is 310. The molecule has 2 amide bonds. The molecule has 0 aliphatic heterocycles. The van der Waals surface area contributed by atoms with E-state index in [9.17, 15) is 9.59 Å². The number of hydrogen-bond acceptors (Lipinski definition) is 3. The molecule has 4 N–H and O–H groups in total. The van der Waals surface area contributed by atoms with E-state index in [1.807, 2.05) is 0 Å². The molecule has 5 nitrogen and oxygen atoms in total. The summed E-state index contributed by atoms with van der Waals surface area (Å²) in [4.78, 5) is 22.7. The topological polar surface area (TPSA) is 84.2 Å². The quantitative estimate of drug-likeness (QED) is 0.599. The predicted molar refractivity (Wildman–Crippen MR) is 66.1 cm³/mol. The highest BCUT2D eigenvalue weighted by Gasteiger charge is 2.64. The van der Waals surface area contributed by atoms with Crippen LogP contribution in [0.1, 0.15) is 27.7 Å². The highest BCUT2D eigenvalue weighted by Crippen LogP contribution is 2.67. The zero-order valence-corrected chi connectivity index (χ0v) is 11.1. The van der Waals surface area contributed by atoms with Crippen molar-refractivity contribution in [3.8, 4) is 0 Å². The lowest BCUT2D eigenvalue weighted by Gasteiger charge is -2.06. The normalized spacial score (nSPS) is 20.8. The third-order valence-corrected chi connectivity index (χ3v) is 4.42. The first-order valence-electron chi connectivity index (χ1n) is 6.01. The number of carbonyl (C=O) groups is 2. The van der Waals surface area contributed by atoms with Crippen molar-refractivity contribution in [1.29, 1.82) is 0 Å². The van der Waals surface area contributed by atoms with Crippen molar-refractivity contribution in [2.24, 2.45) is 22.5 Å². The second-order valence-electron chi connectivity index (χ2n) is 5.75. The van der Waals surface area contributed by atoms with Gasteiger partial charge in [0, 0.05) is 19.6 Å². The number of amides is 2. The number of carbonyl (C=O) groups excluding carboxylic acids is 2. The fourth-order valence-corrected chi connectivity index (χ4v) is 2.38. The molecule has 0 radical (unpaired) electrons. The number of nitrogens with two attached hydrogens (primary N) is 1. The summed E-state index contributed by atoms with van der Waals surface area (Å²) in [5.41, 5.74) is 5.67. The molecule has 0 bridgehead atoms. The molecule has 0 unspecified atom stereocenters. The maximum atomic E-state index is 11.4. The molecule has 1 aliphatic carbocycles. The van der Waals surface area contributed by atoms with Gasteiger partial charge in [-0.3, -0.25) is 9.59 Å². The Hall–Kier alpha value is -1.10. The SMILES string of the molecule is CC1(C)C(CNC(=O)C(=O)NCCN)C1(C)C. The number of nitrogens with one attached hydrogen (secondary N) is 2. The summed E-state index contributed by atoms with van der Waals surface area (Å²) >= 11 is 0. The summed E-state index contributed by atoms with van der Waals surface area (Å²) in [6.07, 6.45) is 0. The first-order valence-corrected chi connectivity index (χ1v) is 6.01. The molecule has 0 aromatic heterocycles. The zero-order valence-electron chi connectivity index (χ0n) is 11.1. The molecule has 0 spiro atoms. The van der Waals surface area contributed by atoms with Crippen LogP contribution in [0, 0.1) is 16.7 Å². The lowest BCUT2D eigenvalue weighted by atomic mass is 10.0. The fraction of sp³-hybridized carbons (Fsp3) is 0.833. The van der Waals surface area contributed by atoms with Gasteiger partial charge in [0.1, 0.15) is 0 Å². The van der Waals surface area contributed by atoms with E-state index in [-0.39, 0.29) is 10.8 Å². The average molecular weight is 241 g/mol. The van der Waals surface area contributed by atoms with Gasteiger partial charge >= 0.3 is 11.8 Å². The van der Waals surface area contributed by atoms with Gasteiger partial charge in [0.25, 0.3) is 0 Å². The molecule has 0 heterocycles. The molecule has 0 aromatic rings. The Morgan fingerprint density at radius 3 is 1.94 bits per heavy atom. The third-order valence-electron chi connectivity index (χ3n) is 4.42. The molecule has 0 saturated heterocycles. The lowest BCUT2D eigenvalue weighted by Crippen LogP contribution is -2.42. The molecule has 0 atom stereocenters. The monoisotopic (exact) mass is 241 g/mol. The minimum atomic E-state index is -0.605. The highest BCUT2D eigenvalue weighted by atomic mass is 16.2. The van der Waals surface area contributed by atoms with Gasteiger partial charge < -0.3 is 16.4 Å². The molecular weight excluding hydrogens is 218 g/mol. The molecule has 98 valence electrons. The van der Waals surface area contributed by atoms with Crippen molar-refractivity contribution in [2.45, 2.75) is 27.7 Å². The van der Waals surface area contributed by atoms with E-state index in [1.165, 1.54) is 0 Å². The van der Waals surface area contributed by atoms with Crippen LogP contribution in [0.25, 0.3) is 0 Å². The van der Waals surface area contributed by atoms with E-state index in [1.54, 1.807) is 0 Å². The van der Waals surface area contributed by atoms with E-state index in [0.717, 1.165) is 0 Å². The Morgan fingerprint density at radius 2 is 1.53 bits per heavy atom. The minimum absolute atomic E-state index is 0.216. The van der Waals surface area contributed by atoms with Crippen LogP contribution in [0.5, 0.6) is 0 Å². The standard InChI is InChI=1S/C12H23N3O2/c1-11(2)8(12(11,3)4)7-15-10(17)9(16)14-6-5-13/h8H,5-7,13H2,1-4H3,(H,14,16)(H,15,17). The van der Waals surface area contributed by atoms with Crippen LogP contribution in [0.2, 0.25) is 0 Å². The molecule has 1 saturated carbocycles. The van der Waals surface area contributed by atoms with Crippen molar-refractivity contribution in [1.82, 2.24) is 10.6 Å². The van der Waals surface area contributed by atoms with Crippen molar-refractivity contribution >= 4 is 11.8 Å². The predicted octanol–water partition coefficient (Wildman–Crippen LogP) is -0.140. The molecule has 5 heteroatoms. The fourth-order valence-electron chi connectivity index (χ4n) is 2.38. The molecule has 0 aromatic carbocycles. The van der Waals surface area contributed by atoms with Crippen LogP contribution in [-0.4, -0.2) is 31.4 Å². The first kappa shape index (κ1) is 14.0. The van der Waals surface area contributed by atoms with Crippen molar-refractivity contribution in [2.75, 3.05) is 19.6 Å². The summed E-state index contributed by atoms with van der Waals surface area (Å²) < 4.78 is 0. The molecular formula is C12H23N3O2. The smallest absolute Gasteiger partial charge is 0.309 e. The van der Waals surface area contributed by atoms with Gasteiger partial charge in [-0.25, -0.2) is 0 Å². The summed E-state index contributed by atoms with van der Waals surface area (Å²) in [6.45, 7) is 9.93. The van der Waals surface area contributed by atoms with Gasteiger partial charge in [0.15, 0.2) is 0 Å². The number of rotatable bonds is 4. The van der Waals surface area contributed by atoms with Gasteiger partial charge in [0.2, 0.25) is 0 Å². The molecule has 17 heavy (non-hydrogen) atoms. The minimum Gasteiger partial charge on any atom is -0.348 e. The Morgan fingerprint density at radius 1 is 1.06 bits per heavy atom. The van der Waals surface area contributed by atoms with Gasteiger partial charge in [-0.05, 0) is 16.7 Å². The molecule has 1 rings (SSSR count). The maximum absolute atomic E-state index is 11.4. The average Bonchev–Trinajstić information content (AvgIpc) is 2.63. The molecule has 1 fully saturated rings. The van der Waals surface area contributed by atoms with Crippen LogP contribution < -0.4 is 16.4 Å². The van der Waals surface area contributed by atoms with Crippen LogP contribution in [-0.2, 0) is 9.59 Å². The summed E-state index contributed by atoms with van der Waals surface area (Å²) in [5.74, 6) is -0.759. The van der Waals surface area contributed by atoms with E-state index < -0.39 is 11.8 Å². The van der Waals surface area contributed by atoms with Gasteiger partial charge in [-0.2, -0.15) is 0 Å². The third kappa shape index (κ3) is 2.60. The largest absolute Gasteiger partial charge is 0.348 e. The van der Waals surface area contributed by atoms with Crippen LogP contribution >= 0.6 is 0 Å². The summed E-state index contributed by atoms with van der Waals surface area (Å²) in [5, 5.41) is 5.11. The maximum Gasteiger partial charge on any atom is 0.309 e. The van der Waals surface area contributed by atoms with Crippen molar-refractivity contribution in [3.05, 3.63) is 0 Å². The molecule has 1 aliphatic rings. The van der Waals surface area contributed by atoms with E-state index in [4.69, 9.17) is 5.73 Å². The first-order chi connectivity index (χ1) is 7.75. The van der Waals surface area contributed by atoms with Crippen molar-refractivity contribution in [3.63, 3.8) is 0 Å². The van der Waals surface area contributed by atoms with Crippen LogP contribution in [0.4, 0.5) is 0 Å². The van der Waals surface area contributed by atoms with Crippen LogP contribution in [0.3, 0.4) is 0 Å². The second-order valence-corrected chi connectivity index (χ2v) is 5.75. The Labute approximate surface area is 103 Å². The highest BCUT2D eigenvalue weighted by molar-refractivity contribution is 6.35.